The number of halogens is 6. The Morgan fingerprint density at radius 3 is 2.23 bits per heavy atom. The van der Waals surface area contributed by atoms with E-state index >= 15 is 0 Å². The first kappa shape index (κ1) is 26.7. The van der Waals surface area contributed by atoms with E-state index in [1.807, 2.05) is 0 Å². The molecule has 2 aromatic heterocycles. The summed E-state index contributed by atoms with van der Waals surface area (Å²) >= 11 is 0. The number of aliphatic hydroxyl groups is 3. The van der Waals surface area contributed by atoms with Gasteiger partial charge in [-0.2, -0.15) is 13.2 Å². The fourth-order valence-electron chi connectivity index (χ4n) is 4.33. The SMILES string of the molecule is OC[C@H]1O[C@@H](c2nncn2-c2ccc(C(F)(F)F)cc2)[C@H](O)[C@@H](n2cc(-c3cc(F)c(F)c(F)c3)nn2)[C@H]1O. The zero-order valence-electron chi connectivity index (χ0n) is 19.4. The lowest BCUT2D eigenvalue weighted by Crippen LogP contribution is -2.53. The summed E-state index contributed by atoms with van der Waals surface area (Å²) in [4.78, 5) is 0. The highest BCUT2D eigenvalue weighted by Gasteiger charge is 2.48. The quantitative estimate of drug-likeness (QED) is 0.252. The third kappa shape index (κ3) is 4.87. The molecule has 1 aliphatic heterocycles. The standard InChI is InChI=1S/C23H18F6N6O4/c24-13-5-10(6-14(25)17(13)26)15-7-35(33-31-15)18-19(37)16(8-36)39-21(20(18)38)22-32-30-9-34(22)12-3-1-11(2-4-12)23(27,28)29/h1-7,9,16,18-21,36-38H,8H2/t16-,18+,19+,20-,21-/m1/s1. The van der Waals surface area contributed by atoms with Crippen LogP contribution in [0.4, 0.5) is 26.3 Å². The molecule has 4 aromatic rings. The molecule has 5 atom stereocenters. The highest BCUT2D eigenvalue weighted by Crippen LogP contribution is 2.38. The van der Waals surface area contributed by atoms with Crippen LogP contribution >= 0.6 is 0 Å². The summed E-state index contributed by atoms with van der Waals surface area (Å²) in [5, 5.41) is 47.1. The molecule has 0 aliphatic carbocycles. The van der Waals surface area contributed by atoms with E-state index in [4.69, 9.17) is 4.74 Å². The van der Waals surface area contributed by atoms with Gasteiger partial charge in [0.25, 0.3) is 0 Å². The van der Waals surface area contributed by atoms with Gasteiger partial charge in [0.05, 0.1) is 18.4 Å². The predicted octanol–water partition coefficient (Wildman–Crippen LogP) is 2.36. The molecule has 0 unspecified atom stereocenters. The number of alkyl halides is 3. The first-order valence-corrected chi connectivity index (χ1v) is 11.3. The summed E-state index contributed by atoms with van der Waals surface area (Å²) in [6.07, 6.45) is -8.13. The fourth-order valence-corrected chi connectivity index (χ4v) is 4.33. The largest absolute Gasteiger partial charge is 0.416 e. The molecule has 0 spiro atoms. The maximum atomic E-state index is 13.7. The van der Waals surface area contributed by atoms with Crippen LogP contribution in [0.5, 0.6) is 0 Å². The number of benzene rings is 2. The molecule has 10 nitrogen and oxygen atoms in total. The predicted molar refractivity (Wildman–Crippen MR) is 117 cm³/mol. The number of hydrogen-bond acceptors (Lipinski definition) is 8. The monoisotopic (exact) mass is 556 g/mol. The minimum atomic E-state index is -4.56. The Hall–Kier alpha value is -3.86. The van der Waals surface area contributed by atoms with E-state index in [1.165, 1.54) is 10.9 Å². The van der Waals surface area contributed by atoms with Gasteiger partial charge in [-0.3, -0.25) is 4.57 Å². The van der Waals surface area contributed by atoms with Crippen LogP contribution in [0, 0.1) is 17.5 Å². The molecule has 16 heteroatoms. The van der Waals surface area contributed by atoms with E-state index in [0.717, 1.165) is 35.1 Å². The van der Waals surface area contributed by atoms with Crippen molar-refractivity contribution in [3.63, 3.8) is 0 Å². The van der Waals surface area contributed by atoms with Gasteiger partial charge in [-0.15, -0.1) is 15.3 Å². The molecular formula is C23H18F6N6O4. The van der Waals surface area contributed by atoms with Crippen molar-refractivity contribution in [2.45, 2.75) is 36.6 Å². The smallest absolute Gasteiger partial charge is 0.394 e. The zero-order chi connectivity index (χ0) is 28.1. The van der Waals surface area contributed by atoms with Gasteiger partial charge in [0.1, 0.15) is 42.5 Å². The Morgan fingerprint density at radius 2 is 1.62 bits per heavy atom. The van der Waals surface area contributed by atoms with Gasteiger partial charge in [-0.25, -0.2) is 17.9 Å². The van der Waals surface area contributed by atoms with Crippen LogP contribution in [-0.4, -0.2) is 70.0 Å². The van der Waals surface area contributed by atoms with Crippen molar-refractivity contribution in [2.75, 3.05) is 6.61 Å². The Kier molecular flexibility index (Phi) is 6.88. The number of nitrogens with zero attached hydrogens (tertiary/aromatic N) is 6. The van der Waals surface area contributed by atoms with Gasteiger partial charge in [0.2, 0.25) is 0 Å². The first-order valence-electron chi connectivity index (χ1n) is 11.3. The third-order valence-electron chi connectivity index (χ3n) is 6.29. The number of rotatable bonds is 5. The fraction of sp³-hybridized carbons (Fsp3) is 0.304. The highest BCUT2D eigenvalue weighted by atomic mass is 19.4. The molecule has 1 saturated heterocycles. The van der Waals surface area contributed by atoms with Crippen LogP contribution in [0.25, 0.3) is 16.9 Å². The molecule has 3 N–H and O–H groups in total. The molecule has 0 amide bonds. The van der Waals surface area contributed by atoms with Gasteiger partial charge < -0.3 is 20.1 Å². The van der Waals surface area contributed by atoms with Gasteiger partial charge in [0.15, 0.2) is 23.3 Å². The molecule has 5 rings (SSSR count). The summed E-state index contributed by atoms with van der Waals surface area (Å²) in [7, 11) is 0. The lowest BCUT2D eigenvalue weighted by Gasteiger charge is -2.41. The second kappa shape index (κ2) is 10.0. The van der Waals surface area contributed by atoms with Crippen molar-refractivity contribution < 1.29 is 46.4 Å². The maximum absolute atomic E-state index is 13.7. The third-order valence-corrected chi connectivity index (χ3v) is 6.29. The molecule has 0 bridgehead atoms. The van der Waals surface area contributed by atoms with Crippen LogP contribution in [0.3, 0.4) is 0 Å². The summed E-state index contributed by atoms with van der Waals surface area (Å²) in [5.74, 6) is -4.67. The average molecular weight is 556 g/mol. The second-order valence-corrected chi connectivity index (χ2v) is 8.69. The van der Waals surface area contributed by atoms with Crippen LogP contribution in [0.1, 0.15) is 23.5 Å². The van der Waals surface area contributed by atoms with Crippen LogP contribution in [0.15, 0.2) is 48.9 Å². The number of aliphatic hydroxyl groups excluding tert-OH is 3. The normalized spacial score (nSPS) is 23.8. The number of hydrogen-bond donors (Lipinski definition) is 3. The van der Waals surface area contributed by atoms with Crippen molar-refractivity contribution in [1.82, 2.24) is 29.8 Å². The molecule has 39 heavy (non-hydrogen) atoms. The van der Waals surface area contributed by atoms with E-state index in [1.54, 1.807) is 0 Å². The first-order chi connectivity index (χ1) is 18.5. The van der Waals surface area contributed by atoms with Gasteiger partial charge in [0, 0.05) is 11.3 Å². The van der Waals surface area contributed by atoms with Crippen LogP contribution < -0.4 is 0 Å². The second-order valence-electron chi connectivity index (χ2n) is 8.69. The van der Waals surface area contributed by atoms with Gasteiger partial charge in [-0.05, 0) is 36.4 Å². The Balaban J connectivity index is 1.49. The summed E-state index contributed by atoms with van der Waals surface area (Å²) in [6.45, 7) is -0.717. The van der Waals surface area contributed by atoms with Crippen LogP contribution in [0.2, 0.25) is 0 Å². The zero-order valence-corrected chi connectivity index (χ0v) is 19.4. The molecule has 0 radical (unpaired) electrons. The lowest BCUT2D eigenvalue weighted by molar-refractivity contribution is -0.210. The number of ether oxygens (including phenoxy) is 1. The number of aromatic nitrogens is 6. The van der Waals surface area contributed by atoms with Gasteiger partial charge >= 0.3 is 6.18 Å². The van der Waals surface area contributed by atoms with Crippen molar-refractivity contribution in [1.29, 1.82) is 0 Å². The molecule has 206 valence electrons. The molecule has 1 fully saturated rings. The summed E-state index contributed by atoms with van der Waals surface area (Å²) < 4.78 is 87.6. The molecule has 0 saturated carbocycles. The van der Waals surface area contributed by atoms with E-state index in [-0.39, 0.29) is 22.8 Å². The topological polar surface area (TPSA) is 131 Å². The Labute approximate surface area is 214 Å². The summed E-state index contributed by atoms with van der Waals surface area (Å²) in [5.41, 5.74) is -0.985. The van der Waals surface area contributed by atoms with E-state index in [2.05, 4.69) is 20.5 Å². The highest BCUT2D eigenvalue weighted by molar-refractivity contribution is 5.58. The maximum Gasteiger partial charge on any atom is 0.416 e. The minimum Gasteiger partial charge on any atom is -0.394 e. The lowest BCUT2D eigenvalue weighted by atomic mass is 9.92. The van der Waals surface area contributed by atoms with Gasteiger partial charge in [-0.1, -0.05) is 5.21 Å². The molecule has 2 aromatic carbocycles. The van der Waals surface area contributed by atoms with Crippen molar-refractivity contribution in [3.8, 4) is 16.9 Å². The van der Waals surface area contributed by atoms with Crippen molar-refractivity contribution in [3.05, 3.63) is 77.8 Å². The molecular weight excluding hydrogens is 538 g/mol. The summed E-state index contributed by atoms with van der Waals surface area (Å²) in [6, 6.07) is 4.04. The Morgan fingerprint density at radius 1 is 0.949 bits per heavy atom. The van der Waals surface area contributed by atoms with E-state index in [9.17, 15) is 41.7 Å². The van der Waals surface area contributed by atoms with Crippen molar-refractivity contribution >= 4 is 0 Å². The van der Waals surface area contributed by atoms with E-state index < -0.39 is 66.3 Å². The minimum absolute atomic E-state index is 0.0689. The van der Waals surface area contributed by atoms with Crippen molar-refractivity contribution in [2.24, 2.45) is 0 Å². The Bertz CT molecular complexity index is 1450. The average Bonchev–Trinajstić information content (AvgIpc) is 3.57. The van der Waals surface area contributed by atoms with E-state index in [0.29, 0.717) is 12.1 Å². The van der Waals surface area contributed by atoms with Crippen LogP contribution in [-0.2, 0) is 10.9 Å². The molecule has 3 heterocycles. The molecule has 1 aliphatic rings.